The van der Waals surface area contributed by atoms with Gasteiger partial charge in [-0.3, -0.25) is 0 Å². The van der Waals surface area contributed by atoms with Gasteiger partial charge in [-0.25, -0.2) is 4.98 Å². The number of anilines is 3. The summed E-state index contributed by atoms with van der Waals surface area (Å²) in [4.78, 5) is 8.37. The first kappa shape index (κ1) is 25.8. The highest BCUT2D eigenvalue weighted by Gasteiger charge is 2.18. The molecular formula is C30H25N9OS. The predicted octanol–water partition coefficient (Wildman–Crippen LogP) is 5.78. The van der Waals surface area contributed by atoms with Crippen molar-refractivity contribution in [2.24, 2.45) is 0 Å². The van der Waals surface area contributed by atoms with E-state index in [1.807, 2.05) is 104 Å². The molecule has 1 atom stereocenters. The van der Waals surface area contributed by atoms with Gasteiger partial charge in [0.1, 0.15) is 11.9 Å². The molecule has 0 saturated heterocycles. The second-order valence-electron chi connectivity index (χ2n) is 9.10. The van der Waals surface area contributed by atoms with Crippen molar-refractivity contribution in [3.8, 4) is 28.1 Å². The van der Waals surface area contributed by atoms with Gasteiger partial charge in [0.05, 0.1) is 11.4 Å². The van der Waals surface area contributed by atoms with E-state index in [9.17, 15) is 0 Å². The zero-order valence-electron chi connectivity index (χ0n) is 22.0. The van der Waals surface area contributed by atoms with Crippen LogP contribution in [-0.4, -0.2) is 34.9 Å². The van der Waals surface area contributed by atoms with Crippen molar-refractivity contribution >= 4 is 40.6 Å². The molecule has 0 spiro atoms. The first-order valence-corrected chi connectivity index (χ1v) is 13.3. The quantitative estimate of drug-likeness (QED) is 0.207. The van der Waals surface area contributed by atoms with Gasteiger partial charge in [0, 0.05) is 28.6 Å². The van der Waals surface area contributed by atoms with E-state index in [0.717, 1.165) is 33.8 Å². The van der Waals surface area contributed by atoms with Gasteiger partial charge in [-0.2, -0.15) is 9.50 Å². The molecule has 0 saturated carbocycles. The van der Waals surface area contributed by atoms with E-state index in [4.69, 9.17) is 22.7 Å². The third-order valence-electron chi connectivity index (χ3n) is 6.33. The van der Waals surface area contributed by atoms with Crippen LogP contribution in [0.3, 0.4) is 0 Å². The number of nitrogens with one attached hydrogen (secondary N) is 2. The minimum Gasteiger partial charge on any atom is -0.484 e. The molecule has 0 fully saturated rings. The third kappa shape index (κ3) is 5.65. The lowest BCUT2D eigenvalue weighted by Crippen LogP contribution is -2.20. The molecule has 0 aliphatic rings. The Morgan fingerprint density at radius 3 is 2.41 bits per heavy atom. The van der Waals surface area contributed by atoms with Gasteiger partial charge in [-0.05, 0) is 49.5 Å². The number of aromatic nitrogens is 6. The molecule has 3 aromatic carbocycles. The Labute approximate surface area is 241 Å². The van der Waals surface area contributed by atoms with Gasteiger partial charge < -0.3 is 21.1 Å². The number of rotatable bonds is 7. The topological polar surface area (TPSA) is 128 Å². The van der Waals surface area contributed by atoms with Crippen LogP contribution >= 0.6 is 12.2 Å². The number of nitrogens with zero attached hydrogens (tertiary/aromatic N) is 6. The van der Waals surface area contributed by atoms with Gasteiger partial charge in [0.2, 0.25) is 5.95 Å². The van der Waals surface area contributed by atoms with Gasteiger partial charge in [0.15, 0.2) is 10.9 Å². The van der Waals surface area contributed by atoms with Gasteiger partial charge >= 0.3 is 0 Å². The van der Waals surface area contributed by atoms with E-state index in [-0.39, 0.29) is 12.1 Å². The SMILES string of the molecule is CC(Oc1ccccc1-c1ccccc1NC(=S)Nc1ccc(-c2ccccc2)nn1)c1ccnc2nc(N)nn12. The smallest absolute Gasteiger partial charge is 0.254 e. The Morgan fingerprint density at radius 1 is 0.854 bits per heavy atom. The summed E-state index contributed by atoms with van der Waals surface area (Å²) in [5.74, 6) is 1.79. The molecule has 6 aromatic rings. The number of thiocarbonyl (C=S) groups is 1. The number of nitrogen functional groups attached to an aromatic ring is 1. The van der Waals surface area contributed by atoms with Crippen molar-refractivity contribution in [3.63, 3.8) is 0 Å². The fraction of sp³-hybridized carbons (Fsp3) is 0.0667. The fourth-order valence-corrected chi connectivity index (χ4v) is 4.65. The van der Waals surface area contributed by atoms with Crippen molar-refractivity contribution in [1.82, 2.24) is 29.8 Å². The van der Waals surface area contributed by atoms with E-state index < -0.39 is 0 Å². The maximum atomic E-state index is 6.45. The maximum absolute atomic E-state index is 6.45. The van der Waals surface area contributed by atoms with Crippen molar-refractivity contribution in [3.05, 3.63) is 109 Å². The molecule has 202 valence electrons. The molecule has 11 heteroatoms. The summed E-state index contributed by atoms with van der Waals surface area (Å²) in [6.45, 7) is 1.94. The average molecular weight is 560 g/mol. The fourth-order valence-electron chi connectivity index (χ4n) is 4.44. The maximum Gasteiger partial charge on any atom is 0.254 e. The highest BCUT2D eigenvalue weighted by Crippen LogP contribution is 2.37. The minimum absolute atomic E-state index is 0.153. The number of nitrogens with two attached hydrogens (primary N) is 1. The molecule has 3 heterocycles. The largest absolute Gasteiger partial charge is 0.484 e. The van der Waals surface area contributed by atoms with Crippen molar-refractivity contribution in [1.29, 1.82) is 0 Å². The lowest BCUT2D eigenvalue weighted by molar-refractivity contribution is 0.220. The summed E-state index contributed by atoms with van der Waals surface area (Å²) in [6, 6.07) is 31.2. The van der Waals surface area contributed by atoms with Crippen LogP contribution in [0.25, 0.3) is 28.2 Å². The van der Waals surface area contributed by atoms with Gasteiger partial charge in [-0.15, -0.1) is 15.3 Å². The Hall–Kier alpha value is -5.42. The summed E-state index contributed by atoms with van der Waals surface area (Å²) >= 11 is 5.61. The third-order valence-corrected chi connectivity index (χ3v) is 6.54. The highest BCUT2D eigenvalue weighted by atomic mass is 32.1. The van der Waals surface area contributed by atoms with Crippen LogP contribution < -0.4 is 21.1 Å². The molecule has 10 nitrogen and oxygen atoms in total. The summed E-state index contributed by atoms with van der Waals surface area (Å²) in [7, 11) is 0. The number of hydrogen-bond donors (Lipinski definition) is 3. The Balaban J connectivity index is 1.21. The molecule has 6 rings (SSSR count). The predicted molar refractivity (Wildman–Crippen MR) is 163 cm³/mol. The molecule has 0 aliphatic carbocycles. The highest BCUT2D eigenvalue weighted by molar-refractivity contribution is 7.80. The summed E-state index contributed by atoms with van der Waals surface area (Å²) in [6.07, 6.45) is 1.29. The zero-order chi connectivity index (χ0) is 28.2. The molecule has 1 unspecified atom stereocenters. The summed E-state index contributed by atoms with van der Waals surface area (Å²) < 4.78 is 8.05. The van der Waals surface area contributed by atoms with Crippen molar-refractivity contribution in [2.75, 3.05) is 16.4 Å². The number of hydrogen-bond acceptors (Lipinski definition) is 8. The van der Waals surface area contributed by atoms with E-state index in [0.29, 0.717) is 22.5 Å². The molecule has 4 N–H and O–H groups in total. The number of fused-ring (bicyclic) bond motifs is 1. The average Bonchev–Trinajstić information content (AvgIpc) is 3.39. The number of benzene rings is 3. The molecule has 0 bridgehead atoms. The number of para-hydroxylation sites is 2. The summed E-state index contributed by atoms with van der Waals surface area (Å²) in [5, 5.41) is 19.7. The van der Waals surface area contributed by atoms with Crippen LogP contribution in [0.1, 0.15) is 18.7 Å². The molecule has 0 radical (unpaired) electrons. The van der Waals surface area contributed by atoms with E-state index in [1.54, 1.807) is 10.7 Å². The van der Waals surface area contributed by atoms with Crippen LogP contribution in [-0.2, 0) is 0 Å². The second kappa shape index (κ2) is 11.4. The monoisotopic (exact) mass is 559 g/mol. The van der Waals surface area contributed by atoms with Gasteiger partial charge in [0.25, 0.3) is 5.78 Å². The minimum atomic E-state index is -0.372. The summed E-state index contributed by atoms with van der Waals surface area (Å²) in [5.41, 5.74) is 10.9. The van der Waals surface area contributed by atoms with Crippen LogP contribution in [0.4, 0.5) is 17.5 Å². The van der Waals surface area contributed by atoms with Crippen LogP contribution in [0.5, 0.6) is 5.75 Å². The Kier molecular flexibility index (Phi) is 7.16. The molecule has 0 aliphatic heterocycles. The van der Waals surface area contributed by atoms with Gasteiger partial charge in [-0.1, -0.05) is 66.7 Å². The molecular weight excluding hydrogens is 534 g/mol. The first-order valence-electron chi connectivity index (χ1n) is 12.8. The lowest BCUT2D eigenvalue weighted by Gasteiger charge is -2.20. The zero-order valence-corrected chi connectivity index (χ0v) is 22.8. The molecule has 41 heavy (non-hydrogen) atoms. The lowest BCUT2D eigenvalue weighted by atomic mass is 10.0. The molecule has 0 amide bonds. The number of ether oxygens (including phenoxy) is 1. The van der Waals surface area contributed by atoms with E-state index >= 15 is 0 Å². The molecule has 3 aromatic heterocycles. The standard InChI is InChI=1S/C30H25N9OS/c1-19(25-17-18-32-29-35-28(31)38-39(25)29)40-26-14-8-6-12-22(26)21-11-5-7-13-24(21)33-30(41)34-27-16-15-23(36-37-27)20-9-3-2-4-10-20/h2-19H,1H3,(H2,31,38)(H2,33,34,37,41). The van der Waals surface area contributed by atoms with E-state index in [1.165, 1.54) is 0 Å². The van der Waals surface area contributed by atoms with E-state index in [2.05, 4.69) is 35.9 Å². The van der Waals surface area contributed by atoms with Crippen LogP contribution in [0.15, 0.2) is 103 Å². The normalized spacial score (nSPS) is 11.6. The van der Waals surface area contributed by atoms with Crippen molar-refractivity contribution in [2.45, 2.75) is 13.0 Å². The van der Waals surface area contributed by atoms with Crippen LogP contribution in [0, 0.1) is 0 Å². The van der Waals surface area contributed by atoms with Crippen LogP contribution in [0.2, 0.25) is 0 Å². The first-order chi connectivity index (χ1) is 20.0. The Bertz CT molecular complexity index is 1820. The van der Waals surface area contributed by atoms with Crippen molar-refractivity contribution < 1.29 is 4.74 Å². The Morgan fingerprint density at radius 2 is 1.61 bits per heavy atom. The second-order valence-corrected chi connectivity index (χ2v) is 9.51.